The van der Waals surface area contributed by atoms with Gasteiger partial charge in [-0.1, -0.05) is 22.9 Å². The quantitative estimate of drug-likeness (QED) is 0.803. The van der Waals surface area contributed by atoms with Crippen LogP contribution in [0.25, 0.3) is 0 Å². The minimum absolute atomic E-state index is 0.117. The SMILES string of the molecule is CCCC(=O)NC1CCN(C(=O)C(C)Br)CC1. The summed E-state index contributed by atoms with van der Waals surface area (Å²) in [6.07, 6.45) is 3.20. The Kier molecular flexibility index (Phi) is 5.95. The molecular formula is C12H21BrN2O2. The molecule has 0 aliphatic carbocycles. The molecule has 4 nitrogen and oxygen atoms in total. The molecule has 1 heterocycles. The zero-order chi connectivity index (χ0) is 12.8. The molecule has 1 rings (SSSR count). The summed E-state index contributed by atoms with van der Waals surface area (Å²) in [5.74, 6) is 0.273. The van der Waals surface area contributed by atoms with E-state index in [9.17, 15) is 9.59 Å². The van der Waals surface area contributed by atoms with Crippen molar-refractivity contribution in [1.29, 1.82) is 0 Å². The van der Waals surface area contributed by atoms with E-state index in [-0.39, 0.29) is 22.7 Å². The third kappa shape index (κ3) is 4.66. The fourth-order valence-corrected chi connectivity index (χ4v) is 2.31. The Labute approximate surface area is 111 Å². The molecule has 0 aromatic carbocycles. The van der Waals surface area contributed by atoms with Crippen LogP contribution in [0.4, 0.5) is 0 Å². The summed E-state index contributed by atoms with van der Waals surface area (Å²) in [6.45, 7) is 5.33. The lowest BCUT2D eigenvalue weighted by Crippen LogP contribution is -2.47. The fraction of sp³-hybridized carbons (Fsp3) is 0.833. The number of rotatable bonds is 4. The van der Waals surface area contributed by atoms with E-state index in [0.717, 1.165) is 32.4 Å². The first-order chi connectivity index (χ1) is 8.04. The molecule has 0 aromatic rings. The molecule has 0 spiro atoms. The number of likely N-dealkylation sites (tertiary alicyclic amines) is 1. The molecule has 1 aliphatic heterocycles. The fourth-order valence-electron chi connectivity index (χ4n) is 2.02. The number of hydrogen-bond acceptors (Lipinski definition) is 2. The Balaban J connectivity index is 2.31. The van der Waals surface area contributed by atoms with Crippen LogP contribution in [0.3, 0.4) is 0 Å². The van der Waals surface area contributed by atoms with E-state index in [4.69, 9.17) is 0 Å². The number of alkyl halides is 1. The van der Waals surface area contributed by atoms with Gasteiger partial charge in [0.05, 0.1) is 4.83 Å². The molecule has 17 heavy (non-hydrogen) atoms. The van der Waals surface area contributed by atoms with E-state index in [1.807, 2.05) is 18.7 Å². The van der Waals surface area contributed by atoms with Crippen molar-refractivity contribution in [3.63, 3.8) is 0 Å². The highest BCUT2D eigenvalue weighted by atomic mass is 79.9. The van der Waals surface area contributed by atoms with Crippen LogP contribution < -0.4 is 5.32 Å². The minimum atomic E-state index is -0.117. The third-order valence-corrected chi connectivity index (χ3v) is 3.38. The molecule has 2 amide bonds. The van der Waals surface area contributed by atoms with Crippen molar-refractivity contribution >= 4 is 27.7 Å². The Morgan fingerprint density at radius 2 is 2.00 bits per heavy atom. The minimum Gasteiger partial charge on any atom is -0.353 e. The summed E-state index contributed by atoms with van der Waals surface area (Å²) in [6, 6.07) is 0.240. The topological polar surface area (TPSA) is 49.4 Å². The lowest BCUT2D eigenvalue weighted by molar-refractivity contribution is -0.131. The second-order valence-corrected chi connectivity index (χ2v) is 5.91. The van der Waals surface area contributed by atoms with Crippen molar-refractivity contribution in [3.8, 4) is 0 Å². The van der Waals surface area contributed by atoms with E-state index < -0.39 is 0 Å². The van der Waals surface area contributed by atoms with Gasteiger partial charge in [-0.15, -0.1) is 0 Å². The van der Waals surface area contributed by atoms with Gasteiger partial charge in [0.2, 0.25) is 11.8 Å². The smallest absolute Gasteiger partial charge is 0.236 e. The molecule has 0 bridgehead atoms. The normalized spacial score (nSPS) is 18.9. The zero-order valence-electron chi connectivity index (χ0n) is 10.5. The average Bonchev–Trinajstić information content (AvgIpc) is 2.29. The van der Waals surface area contributed by atoms with Gasteiger partial charge in [0, 0.05) is 25.6 Å². The third-order valence-electron chi connectivity index (χ3n) is 2.99. The highest BCUT2D eigenvalue weighted by molar-refractivity contribution is 9.10. The van der Waals surface area contributed by atoms with Gasteiger partial charge in [0.25, 0.3) is 0 Å². The van der Waals surface area contributed by atoms with Gasteiger partial charge < -0.3 is 10.2 Å². The number of nitrogens with one attached hydrogen (secondary N) is 1. The highest BCUT2D eigenvalue weighted by Gasteiger charge is 2.25. The van der Waals surface area contributed by atoms with Crippen LogP contribution >= 0.6 is 15.9 Å². The van der Waals surface area contributed by atoms with Crippen LogP contribution in [0.1, 0.15) is 39.5 Å². The largest absolute Gasteiger partial charge is 0.353 e. The van der Waals surface area contributed by atoms with Crippen molar-refractivity contribution in [2.45, 2.75) is 50.4 Å². The second-order valence-electron chi connectivity index (χ2n) is 4.53. The van der Waals surface area contributed by atoms with Gasteiger partial charge >= 0.3 is 0 Å². The Morgan fingerprint density at radius 3 is 2.47 bits per heavy atom. The molecule has 1 unspecified atom stereocenters. The molecule has 1 aliphatic rings. The Hall–Kier alpha value is -0.580. The van der Waals surface area contributed by atoms with E-state index in [1.54, 1.807) is 0 Å². The monoisotopic (exact) mass is 304 g/mol. The standard InChI is InChI=1S/C12H21BrN2O2/c1-3-4-11(16)14-10-5-7-15(8-6-10)12(17)9(2)13/h9-10H,3-8H2,1-2H3,(H,14,16). The molecule has 1 N–H and O–H groups in total. The number of carbonyl (C=O) groups is 2. The first-order valence-corrected chi connectivity index (χ1v) is 7.18. The van der Waals surface area contributed by atoms with E-state index in [0.29, 0.717) is 6.42 Å². The van der Waals surface area contributed by atoms with Gasteiger partial charge in [-0.2, -0.15) is 0 Å². The van der Waals surface area contributed by atoms with Crippen molar-refractivity contribution < 1.29 is 9.59 Å². The summed E-state index contributed by atoms with van der Waals surface area (Å²) in [7, 11) is 0. The summed E-state index contributed by atoms with van der Waals surface area (Å²) >= 11 is 3.29. The van der Waals surface area contributed by atoms with E-state index in [1.165, 1.54) is 0 Å². The van der Waals surface area contributed by atoms with Gasteiger partial charge in [-0.3, -0.25) is 9.59 Å². The van der Waals surface area contributed by atoms with Crippen LogP contribution in [-0.2, 0) is 9.59 Å². The maximum atomic E-state index is 11.7. The molecule has 1 atom stereocenters. The van der Waals surface area contributed by atoms with Gasteiger partial charge in [0.15, 0.2) is 0 Å². The summed E-state index contributed by atoms with van der Waals surface area (Å²) in [5, 5.41) is 3.02. The number of carbonyl (C=O) groups excluding carboxylic acids is 2. The molecule has 1 fully saturated rings. The first kappa shape index (κ1) is 14.5. The maximum Gasteiger partial charge on any atom is 0.236 e. The van der Waals surface area contributed by atoms with Crippen LogP contribution in [0.2, 0.25) is 0 Å². The highest BCUT2D eigenvalue weighted by Crippen LogP contribution is 2.14. The van der Waals surface area contributed by atoms with E-state index >= 15 is 0 Å². The maximum absolute atomic E-state index is 11.7. The van der Waals surface area contributed by atoms with Gasteiger partial charge in [-0.25, -0.2) is 0 Å². The molecule has 0 radical (unpaired) electrons. The molecule has 1 saturated heterocycles. The molecule has 0 aromatic heterocycles. The molecular weight excluding hydrogens is 284 g/mol. The van der Waals surface area contributed by atoms with Crippen molar-refractivity contribution in [2.24, 2.45) is 0 Å². The Bertz CT molecular complexity index is 274. The van der Waals surface area contributed by atoms with Crippen LogP contribution in [0, 0.1) is 0 Å². The average molecular weight is 305 g/mol. The van der Waals surface area contributed by atoms with Crippen molar-refractivity contribution in [3.05, 3.63) is 0 Å². The molecule has 0 saturated carbocycles. The number of halogens is 1. The number of nitrogens with zero attached hydrogens (tertiary/aromatic N) is 1. The van der Waals surface area contributed by atoms with Gasteiger partial charge in [-0.05, 0) is 26.2 Å². The molecule has 98 valence electrons. The zero-order valence-corrected chi connectivity index (χ0v) is 12.1. The predicted octanol–water partition coefficient (Wildman–Crippen LogP) is 1.68. The predicted molar refractivity (Wildman–Crippen MR) is 71.0 cm³/mol. The Morgan fingerprint density at radius 1 is 1.41 bits per heavy atom. The number of amides is 2. The van der Waals surface area contributed by atoms with Crippen LogP contribution in [0.5, 0.6) is 0 Å². The summed E-state index contributed by atoms with van der Waals surface area (Å²) in [5.41, 5.74) is 0. The second kappa shape index (κ2) is 6.99. The number of hydrogen-bond donors (Lipinski definition) is 1. The molecule has 5 heteroatoms. The lowest BCUT2D eigenvalue weighted by Gasteiger charge is -2.33. The van der Waals surface area contributed by atoms with E-state index in [2.05, 4.69) is 21.2 Å². The van der Waals surface area contributed by atoms with Crippen LogP contribution in [-0.4, -0.2) is 40.7 Å². The van der Waals surface area contributed by atoms with Gasteiger partial charge in [0.1, 0.15) is 0 Å². The lowest BCUT2D eigenvalue weighted by atomic mass is 10.0. The van der Waals surface area contributed by atoms with Crippen LogP contribution in [0.15, 0.2) is 0 Å². The number of piperidine rings is 1. The summed E-state index contributed by atoms with van der Waals surface area (Å²) in [4.78, 5) is 24.9. The first-order valence-electron chi connectivity index (χ1n) is 6.26. The van der Waals surface area contributed by atoms with Crippen molar-refractivity contribution in [1.82, 2.24) is 10.2 Å². The summed E-state index contributed by atoms with van der Waals surface area (Å²) < 4.78 is 0. The van der Waals surface area contributed by atoms with Crippen molar-refractivity contribution in [2.75, 3.05) is 13.1 Å².